The Kier molecular flexibility index (Phi) is 8.56. The molecule has 0 atom stereocenters. The van der Waals surface area contributed by atoms with Crippen LogP contribution in [0.2, 0.25) is 0 Å². The molecule has 0 aliphatic carbocycles. The van der Waals surface area contributed by atoms with E-state index >= 15 is 0 Å². The van der Waals surface area contributed by atoms with E-state index < -0.39 is 11.2 Å². The van der Waals surface area contributed by atoms with E-state index in [1.54, 1.807) is 24.3 Å². The van der Waals surface area contributed by atoms with Gasteiger partial charge in [-0.15, -0.1) is 0 Å². The van der Waals surface area contributed by atoms with E-state index in [1.165, 1.54) is 11.5 Å². The van der Waals surface area contributed by atoms with Gasteiger partial charge in [0.15, 0.2) is 16.9 Å². The van der Waals surface area contributed by atoms with Crippen LogP contribution in [-0.4, -0.2) is 30.8 Å². The van der Waals surface area contributed by atoms with E-state index in [2.05, 4.69) is 22.2 Å². The molecule has 0 unspecified atom stereocenters. The van der Waals surface area contributed by atoms with Crippen LogP contribution in [0.5, 0.6) is 0 Å². The molecule has 0 radical (unpaired) electrons. The third-order valence-corrected chi connectivity index (χ3v) is 5.84. The predicted molar refractivity (Wildman–Crippen MR) is 132 cm³/mol. The fourth-order valence-electron chi connectivity index (χ4n) is 3.93. The summed E-state index contributed by atoms with van der Waals surface area (Å²) in [7, 11) is 0. The van der Waals surface area contributed by atoms with Crippen molar-refractivity contribution in [3.63, 3.8) is 0 Å². The molecule has 1 aromatic carbocycles. The van der Waals surface area contributed by atoms with E-state index in [0.29, 0.717) is 47.7 Å². The average molecular weight is 468 g/mol. The van der Waals surface area contributed by atoms with Crippen LogP contribution in [0.1, 0.15) is 75.5 Å². The summed E-state index contributed by atoms with van der Waals surface area (Å²) in [5.74, 6) is 0.391. The lowest BCUT2D eigenvalue weighted by molar-refractivity contribution is -0.116. The van der Waals surface area contributed by atoms with Crippen molar-refractivity contribution >= 4 is 28.5 Å². The maximum Gasteiger partial charge on any atom is 0.330 e. The molecule has 9 nitrogen and oxygen atoms in total. The number of aryl methyl sites for hydroxylation is 3. The van der Waals surface area contributed by atoms with Gasteiger partial charge in [-0.1, -0.05) is 33.1 Å². The number of amides is 1. The van der Waals surface area contributed by atoms with E-state index in [9.17, 15) is 19.2 Å². The molecule has 0 fully saturated rings. The van der Waals surface area contributed by atoms with Gasteiger partial charge < -0.3 is 9.88 Å². The first-order valence-electron chi connectivity index (χ1n) is 12.0. The summed E-state index contributed by atoms with van der Waals surface area (Å²) in [6.45, 7) is 6.71. The number of benzene rings is 1. The number of carbonyl (C=O) groups excluding carboxylic acids is 2. The molecule has 0 spiro atoms. The lowest BCUT2D eigenvalue weighted by Gasteiger charge is -2.09. The van der Waals surface area contributed by atoms with E-state index in [-0.39, 0.29) is 18.1 Å². The fraction of sp³-hybridized carbons (Fsp3) is 0.480. The second-order valence-electron chi connectivity index (χ2n) is 8.51. The van der Waals surface area contributed by atoms with Crippen LogP contribution in [0, 0.1) is 0 Å². The molecule has 0 aliphatic rings. The molecule has 0 saturated heterocycles. The van der Waals surface area contributed by atoms with E-state index in [0.717, 1.165) is 32.1 Å². The first-order valence-corrected chi connectivity index (χ1v) is 12.0. The van der Waals surface area contributed by atoms with Crippen LogP contribution in [0.15, 0.2) is 33.9 Å². The number of aromatic nitrogens is 4. The Labute approximate surface area is 198 Å². The molecule has 3 rings (SSSR count). The smallest absolute Gasteiger partial charge is 0.326 e. The van der Waals surface area contributed by atoms with Crippen LogP contribution >= 0.6 is 0 Å². The number of anilines is 1. The molecule has 34 heavy (non-hydrogen) atoms. The SMILES string of the molecule is CCCCCn1c(CCC(=O)Nc2ccc(C(C)=O)cc2)nc2c1c(=O)[nH]c(=O)n2CCCC. The van der Waals surface area contributed by atoms with Gasteiger partial charge in [-0.3, -0.25) is 23.9 Å². The van der Waals surface area contributed by atoms with Gasteiger partial charge in [0, 0.05) is 37.2 Å². The standard InChI is InChI=1S/C25H33N5O4/c1-4-6-8-16-29-20(13-14-21(32)26-19-11-9-18(10-12-19)17(3)31)27-23-22(29)24(33)28-25(34)30(23)15-7-5-2/h9-12H,4-8,13-16H2,1-3H3,(H,26,32)(H,28,33,34). The number of aromatic amines is 1. The number of fused-ring (bicyclic) bond motifs is 1. The van der Waals surface area contributed by atoms with Gasteiger partial charge in [0.2, 0.25) is 5.91 Å². The van der Waals surface area contributed by atoms with Crippen molar-refractivity contribution in [2.75, 3.05) is 5.32 Å². The summed E-state index contributed by atoms with van der Waals surface area (Å²) >= 11 is 0. The number of rotatable bonds is 12. The van der Waals surface area contributed by atoms with Crippen molar-refractivity contribution in [2.24, 2.45) is 0 Å². The molecule has 182 valence electrons. The Morgan fingerprint density at radius 3 is 2.29 bits per heavy atom. The highest BCUT2D eigenvalue weighted by atomic mass is 16.2. The Morgan fingerprint density at radius 1 is 0.971 bits per heavy atom. The predicted octanol–water partition coefficient (Wildman–Crippen LogP) is 3.65. The quantitative estimate of drug-likeness (QED) is 0.311. The molecule has 1 amide bonds. The van der Waals surface area contributed by atoms with Crippen molar-refractivity contribution in [1.29, 1.82) is 0 Å². The third kappa shape index (κ3) is 5.89. The van der Waals surface area contributed by atoms with Gasteiger partial charge in [0.1, 0.15) is 5.82 Å². The zero-order valence-electron chi connectivity index (χ0n) is 20.1. The minimum absolute atomic E-state index is 0.0350. The lowest BCUT2D eigenvalue weighted by Crippen LogP contribution is -2.31. The zero-order chi connectivity index (χ0) is 24.7. The number of Topliss-reactive ketones (excluding diaryl/α,β-unsaturated/α-hetero) is 1. The van der Waals surface area contributed by atoms with E-state index in [1.807, 2.05) is 11.5 Å². The van der Waals surface area contributed by atoms with Crippen molar-refractivity contribution in [1.82, 2.24) is 19.1 Å². The molecule has 2 N–H and O–H groups in total. The first kappa shape index (κ1) is 25.1. The number of H-pyrrole nitrogens is 1. The minimum atomic E-state index is -0.456. The highest BCUT2D eigenvalue weighted by Gasteiger charge is 2.19. The van der Waals surface area contributed by atoms with E-state index in [4.69, 9.17) is 0 Å². The third-order valence-electron chi connectivity index (χ3n) is 5.84. The van der Waals surface area contributed by atoms with Crippen molar-refractivity contribution in [3.05, 3.63) is 56.5 Å². The molecule has 3 aromatic rings. The number of hydrogen-bond donors (Lipinski definition) is 2. The second kappa shape index (κ2) is 11.6. The van der Waals surface area contributed by atoms with Crippen LogP contribution in [0.4, 0.5) is 5.69 Å². The Balaban J connectivity index is 1.86. The molecule has 9 heteroatoms. The highest BCUT2D eigenvalue weighted by molar-refractivity contribution is 5.95. The molecule has 2 aromatic heterocycles. The Bertz CT molecular complexity index is 1270. The Morgan fingerprint density at radius 2 is 1.65 bits per heavy atom. The molecule has 2 heterocycles. The second-order valence-corrected chi connectivity index (χ2v) is 8.51. The normalized spacial score (nSPS) is 11.1. The largest absolute Gasteiger partial charge is 0.330 e. The summed E-state index contributed by atoms with van der Waals surface area (Å²) in [5.41, 5.74) is 1.06. The van der Waals surface area contributed by atoms with Crippen molar-refractivity contribution in [2.45, 2.75) is 78.8 Å². The molecule has 0 saturated carbocycles. The topological polar surface area (TPSA) is 119 Å². The van der Waals surface area contributed by atoms with Crippen molar-refractivity contribution < 1.29 is 9.59 Å². The van der Waals surface area contributed by atoms with Crippen LogP contribution in [0.3, 0.4) is 0 Å². The number of nitrogens with one attached hydrogen (secondary N) is 2. The minimum Gasteiger partial charge on any atom is -0.326 e. The van der Waals surface area contributed by atoms with Gasteiger partial charge in [-0.05, 0) is 44.0 Å². The molecule has 0 aliphatic heterocycles. The summed E-state index contributed by atoms with van der Waals surface area (Å²) in [5, 5.41) is 2.83. The Hall–Kier alpha value is -3.49. The van der Waals surface area contributed by atoms with Gasteiger partial charge in [-0.2, -0.15) is 0 Å². The fourth-order valence-corrected chi connectivity index (χ4v) is 3.93. The maximum absolute atomic E-state index is 12.7. The number of ketones is 1. The van der Waals surface area contributed by atoms with Gasteiger partial charge >= 0.3 is 5.69 Å². The molecule has 0 bridgehead atoms. The summed E-state index contributed by atoms with van der Waals surface area (Å²) < 4.78 is 3.39. The lowest BCUT2D eigenvalue weighted by atomic mass is 10.1. The van der Waals surface area contributed by atoms with Crippen LogP contribution in [0.25, 0.3) is 11.2 Å². The van der Waals surface area contributed by atoms with Gasteiger partial charge in [0.05, 0.1) is 0 Å². The van der Waals surface area contributed by atoms with Crippen molar-refractivity contribution in [3.8, 4) is 0 Å². The first-order chi connectivity index (χ1) is 16.3. The summed E-state index contributed by atoms with van der Waals surface area (Å²) in [6, 6.07) is 6.74. The number of hydrogen-bond acceptors (Lipinski definition) is 5. The molecular weight excluding hydrogens is 434 g/mol. The van der Waals surface area contributed by atoms with Crippen LogP contribution in [-0.2, 0) is 24.3 Å². The van der Waals surface area contributed by atoms with Gasteiger partial charge in [0.25, 0.3) is 5.56 Å². The number of carbonyl (C=O) groups is 2. The monoisotopic (exact) mass is 467 g/mol. The number of nitrogens with zero attached hydrogens (tertiary/aromatic N) is 3. The maximum atomic E-state index is 12.7. The summed E-state index contributed by atoms with van der Waals surface area (Å²) in [4.78, 5) is 56.3. The highest BCUT2D eigenvalue weighted by Crippen LogP contribution is 2.16. The number of imidazole rings is 1. The summed E-state index contributed by atoms with van der Waals surface area (Å²) in [6.07, 6.45) is 5.11. The zero-order valence-corrected chi connectivity index (χ0v) is 20.1. The van der Waals surface area contributed by atoms with Gasteiger partial charge in [-0.25, -0.2) is 9.78 Å². The number of unbranched alkanes of at least 4 members (excludes halogenated alkanes) is 3. The van der Waals surface area contributed by atoms with Crippen LogP contribution < -0.4 is 16.6 Å². The average Bonchev–Trinajstić information content (AvgIpc) is 3.17. The molecular formula is C25H33N5O4.